The molecule has 1 aromatic heterocycles. The standard InChI is InChI=1S/C22H27N2O5P/c1-27-30(26,28-2)12-6-11-29-19-9-10-21-20(14-19)18(13-22(23)25)16-24(21)15-17-7-4-3-5-8-17/h3-5,7-10,14,16H,6,11-13,15H2,1-2H3,(H2,23,25). The molecule has 0 spiro atoms. The molecule has 0 fully saturated rings. The monoisotopic (exact) mass is 430 g/mol. The van der Waals surface area contributed by atoms with Gasteiger partial charge in [-0.05, 0) is 35.7 Å². The lowest BCUT2D eigenvalue weighted by molar-refractivity contribution is -0.117. The summed E-state index contributed by atoms with van der Waals surface area (Å²) in [7, 11) is -0.281. The number of fused-ring (bicyclic) bond motifs is 1. The summed E-state index contributed by atoms with van der Waals surface area (Å²) in [5, 5.41) is 0.932. The first-order chi connectivity index (χ1) is 14.4. The average Bonchev–Trinajstić information content (AvgIpc) is 3.07. The van der Waals surface area contributed by atoms with Crippen molar-refractivity contribution in [2.24, 2.45) is 5.73 Å². The molecule has 30 heavy (non-hydrogen) atoms. The molecule has 0 atom stereocenters. The van der Waals surface area contributed by atoms with Crippen LogP contribution in [0.15, 0.2) is 54.7 Å². The fourth-order valence-electron chi connectivity index (χ4n) is 3.38. The minimum absolute atomic E-state index is 0.159. The third-order valence-electron chi connectivity index (χ3n) is 4.90. The van der Waals surface area contributed by atoms with Crippen LogP contribution >= 0.6 is 7.60 Å². The number of hydrogen-bond acceptors (Lipinski definition) is 5. The van der Waals surface area contributed by atoms with Crippen LogP contribution in [0.5, 0.6) is 5.75 Å². The molecule has 3 aromatic rings. The van der Waals surface area contributed by atoms with Crippen LogP contribution in [0.4, 0.5) is 0 Å². The molecule has 3 rings (SSSR count). The first-order valence-corrected chi connectivity index (χ1v) is 11.4. The quantitative estimate of drug-likeness (QED) is 0.367. The minimum Gasteiger partial charge on any atom is -0.494 e. The Bertz CT molecular complexity index is 1040. The predicted octanol–water partition coefficient (Wildman–Crippen LogP) is 3.97. The molecule has 0 radical (unpaired) electrons. The number of amides is 1. The zero-order valence-corrected chi connectivity index (χ0v) is 18.1. The third kappa shape index (κ3) is 5.51. The summed E-state index contributed by atoms with van der Waals surface area (Å²) in [4.78, 5) is 11.6. The van der Waals surface area contributed by atoms with Crippen molar-refractivity contribution in [2.75, 3.05) is 27.0 Å². The van der Waals surface area contributed by atoms with Gasteiger partial charge in [-0.25, -0.2) is 0 Å². The summed E-state index contributed by atoms with van der Waals surface area (Å²) in [6, 6.07) is 15.9. The van der Waals surface area contributed by atoms with Crippen LogP contribution in [-0.4, -0.2) is 37.5 Å². The highest BCUT2D eigenvalue weighted by Gasteiger charge is 2.20. The lowest BCUT2D eigenvalue weighted by atomic mass is 10.1. The van der Waals surface area contributed by atoms with Crippen molar-refractivity contribution in [3.63, 3.8) is 0 Å². The number of carbonyl (C=O) groups is 1. The van der Waals surface area contributed by atoms with Crippen molar-refractivity contribution in [2.45, 2.75) is 19.4 Å². The van der Waals surface area contributed by atoms with E-state index in [9.17, 15) is 9.36 Å². The van der Waals surface area contributed by atoms with Crippen molar-refractivity contribution < 1.29 is 23.1 Å². The molecule has 0 saturated heterocycles. The van der Waals surface area contributed by atoms with E-state index in [1.807, 2.05) is 42.6 Å². The Hall–Kier alpha value is -2.60. The lowest BCUT2D eigenvalue weighted by Crippen LogP contribution is -2.13. The molecule has 0 aliphatic carbocycles. The lowest BCUT2D eigenvalue weighted by Gasteiger charge is -2.13. The number of rotatable bonds is 11. The first-order valence-electron chi connectivity index (χ1n) is 9.71. The number of carbonyl (C=O) groups excluding carboxylic acids is 1. The van der Waals surface area contributed by atoms with E-state index in [2.05, 4.69) is 16.7 Å². The van der Waals surface area contributed by atoms with Crippen LogP contribution in [0, 0.1) is 0 Å². The maximum Gasteiger partial charge on any atom is 0.330 e. The average molecular weight is 430 g/mol. The summed E-state index contributed by atoms with van der Waals surface area (Å²) < 4.78 is 29.9. The molecule has 2 N–H and O–H groups in total. The molecule has 7 nitrogen and oxygen atoms in total. The number of nitrogens with zero attached hydrogens (tertiary/aromatic N) is 1. The Balaban J connectivity index is 1.78. The number of benzene rings is 2. The molecule has 0 bridgehead atoms. The van der Waals surface area contributed by atoms with Gasteiger partial charge in [0, 0.05) is 37.9 Å². The Kier molecular flexibility index (Phi) is 7.32. The van der Waals surface area contributed by atoms with Gasteiger partial charge in [-0.15, -0.1) is 0 Å². The Morgan fingerprint density at radius 2 is 1.83 bits per heavy atom. The fraction of sp³-hybridized carbons (Fsp3) is 0.318. The van der Waals surface area contributed by atoms with E-state index in [-0.39, 0.29) is 18.5 Å². The molecule has 0 aliphatic heterocycles. The SMILES string of the molecule is COP(=O)(CCCOc1ccc2c(c1)c(CC(N)=O)cn2Cc1ccccc1)OC. The van der Waals surface area contributed by atoms with Gasteiger partial charge in [0.1, 0.15) is 5.75 Å². The molecule has 160 valence electrons. The second-order valence-electron chi connectivity index (χ2n) is 6.99. The molecule has 2 aromatic carbocycles. The summed E-state index contributed by atoms with van der Waals surface area (Å²) in [5.74, 6) is 0.297. The van der Waals surface area contributed by atoms with E-state index in [1.165, 1.54) is 19.8 Å². The normalized spacial score (nSPS) is 11.7. The highest BCUT2D eigenvalue weighted by atomic mass is 31.2. The van der Waals surface area contributed by atoms with Gasteiger partial charge in [0.25, 0.3) is 0 Å². The Morgan fingerprint density at radius 3 is 2.50 bits per heavy atom. The zero-order valence-electron chi connectivity index (χ0n) is 17.2. The van der Waals surface area contributed by atoms with Crippen molar-refractivity contribution >= 4 is 24.4 Å². The van der Waals surface area contributed by atoms with Crippen LogP contribution < -0.4 is 10.5 Å². The maximum absolute atomic E-state index is 12.1. The first kappa shape index (κ1) is 22.1. The zero-order chi connectivity index (χ0) is 21.6. The molecule has 1 amide bonds. The molecule has 0 unspecified atom stereocenters. The van der Waals surface area contributed by atoms with Gasteiger partial charge >= 0.3 is 7.60 Å². The van der Waals surface area contributed by atoms with Crippen LogP contribution in [0.1, 0.15) is 17.5 Å². The van der Waals surface area contributed by atoms with Crippen molar-refractivity contribution in [1.82, 2.24) is 4.57 Å². The highest BCUT2D eigenvalue weighted by molar-refractivity contribution is 7.53. The number of primary amides is 1. The van der Waals surface area contributed by atoms with E-state index in [0.29, 0.717) is 25.3 Å². The van der Waals surface area contributed by atoms with E-state index in [1.54, 1.807) is 0 Å². The van der Waals surface area contributed by atoms with Crippen molar-refractivity contribution in [1.29, 1.82) is 0 Å². The van der Waals surface area contributed by atoms with Crippen molar-refractivity contribution in [3.05, 3.63) is 65.9 Å². The second-order valence-corrected chi connectivity index (χ2v) is 9.39. The number of aromatic nitrogens is 1. The molecule has 8 heteroatoms. The third-order valence-corrected chi connectivity index (χ3v) is 6.87. The topological polar surface area (TPSA) is 92.8 Å². The second kappa shape index (κ2) is 9.94. The van der Waals surface area contributed by atoms with E-state index >= 15 is 0 Å². The van der Waals surface area contributed by atoms with Gasteiger partial charge in [0.05, 0.1) is 19.2 Å². The summed E-state index contributed by atoms with van der Waals surface area (Å²) in [6.45, 7) is 1.07. The van der Waals surface area contributed by atoms with E-state index < -0.39 is 7.60 Å². The summed E-state index contributed by atoms with van der Waals surface area (Å²) in [5.41, 5.74) is 8.49. The predicted molar refractivity (Wildman–Crippen MR) is 117 cm³/mol. The van der Waals surface area contributed by atoms with Crippen LogP contribution in [0.2, 0.25) is 0 Å². The summed E-state index contributed by atoms with van der Waals surface area (Å²) in [6.07, 6.45) is 2.94. The van der Waals surface area contributed by atoms with Gasteiger partial charge in [-0.1, -0.05) is 30.3 Å². The smallest absolute Gasteiger partial charge is 0.330 e. The number of ether oxygens (including phenoxy) is 1. The van der Waals surface area contributed by atoms with Crippen LogP contribution in [0.25, 0.3) is 10.9 Å². The van der Waals surface area contributed by atoms with E-state index in [4.69, 9.17) is 19.5 Å². The highest BCUT2D eigenvalue weighted by Crippen LogP contribution is 2.46. The molecule has 0 aliphatic rings. The minimum atomic E-state index is -3.03. The molecule has 0 saturated carbocycles. The molecular weight excluding hydrogens is 403 g/mol. The largest absolute Gasteiger partial charge is 0.494 e. The van der Waals surface area contributed by atoms with Gasteiger partial charge in [-0.2, -0.15) is 0 Å². The van der Waals surface area contributed by atoms with Gasteiger partial charge < -0.3 is 24.1 Å². The van der Waals surface area contributed by atoms with Crippen LogP contribution in [-0.2, 0) is 31.4 Å². The van der Waals surface area contributed by atoms with Gasteiger partial charge in [-0.3, -0.25) is 9.36 Å². The number of nitrogens with two attached hydrogens (primary N) is 1. The molecule has 1 heterocycles. The Labute approximate surface area is 176 Å². The van der Waals surface area contributed by atoms with Gasteiger partial charge in [0.2, 0.25) is 5.91 Å². The van der Waals surface area contributed by atoms with E-state index in [0.717, 1.165) is 16.5 Å². The Morgan fingerprint density at radius 1 is 1.10 bits per heavy atom. The van der Waals surface area contributed by atoms with Gasteiger partial charge in [0.15, 0.2) is 0 Å². The van der Waals surface area contributed by atoms with Crippen molar-refractivity contribution in [3.8, 4) is 5.75 Å². The summed E-state index contributed by atoms with van der Waals surface area (Å²) >= 11 is 0. The number of hydrogen-bond donors (Lipinski definition) is 1. The molecular formula is C22H27N2O5P. The van der Waals surface area contributed by atoms with Crippen LogP contribution in [0.3, 0.4) is 0 Å². The maximum atomic E-state index is 12.1. The fourth-order valence-corrected chi connectivity index (χ4v) is 4.42.